The van der Waals surface area contributed by atoms with Gasteiger partial charge in [0.2, 0.25) is 0 Å². The lowest BCUT2D eigenvalue weighted by atomic mass is 10.1. The molecule has 0 saturated heterocycles. The van der Waals surface area contributed by atoms with Gasteiger partial charge in [-0.15, -0.1) is 0 Å². The first-order valence-corrected chi connectivity index (χ1v) is 26.1. The topological polar surface area (TPSA) is 78.9 Å². The van der Waals surface area contributed by atoms with E-state index in [1.807, 2.05) is 0 Å². The van der Waals surface area contributed by atoms with Gasteiger partial charge in [-0.3, -0.25) is 14.4 Å². The van der Waals surface area contributed by atoms with Gasteiger partial charge in [0.15, 0.2) is 6.10 Å². The van der Waals surface area contributed by atoms with E-state index in [1.165, 1.54) is 122 Å². The lowest BCUT2D eigenvalue weighted by molar-refractivity contribution is -0.167. The number of hydrogen-bond donors (Lipinski definition) is 0. The van der Waals surface area contributed by atoms with Gasteiger partial charge in [0.25, 0.3) is 0 Å². The van der Waals surface area contributed by atoms with Crippen LogP contribution < -0.4 is 0 Å². The molecule has 0 aromatic heterocycles. The summed E-state index contributed by atoms with van der Waals surface area (Å²) in [7, 11) is 0. The Hall–Kier alpha value is -2.63. The smallest absolute Gasteiger partial charge is 0.306 e. The molecule has 0 aliphatic heterocycles. The highest BCUT2D eigenvalue weighted by Crippen LogP contribution is 2.14. The molecule has 0 spiro atoms. The summed E-state index contributed by atoms with van der Waals surface area (Å²) in [5, 5.41) is 0. The summed E-state index contributed by atoms with van der Waals surface area (Å²) >= 11 is 0. The number of carbonyl (C=O) groups is 3. The van der Waals surface area contributed by atoms with E-state index in [4.69, 9.17) is 14.2 Å². The van der Waals surface area contributed by atoms with Crippen LogP contribution in [0.4, 0.5) is 0 Å². The van der Waals surface area contributed by atoms with Crippen molar-refractivity contribution >= 4 is 17.9 Å². The molecule has 354 valence electrons. The number of esters is 3. The van der Waals surface area contributed by atoms with E-state index in [0.717, 1.165) is 103 Å². The molecule has 1 atom stereocenters. The Labute approximate surface area is 378 Å². The lowest BCUT2D eigenvalue weighted by Gasteiger charge is -2.18. The molecule has 0 aromatic carbocycles. The van der Waals surface area contributed by atoms with E-state index in [9.17, 15) is 14.4 Å². The fraction of sp³-hybridized carbons (Fsp3) is 0.800. The second-order valence-corrected chi connectivity index (χ2v) is 17.4. The molecule has 0 bridgehead atoms. The molecule has 61 heavy (non-hydrogen) atoms. The van der Waals surface area contributed by atoms with Crippen LogP contribution in [0.5, 0.6) is 0 Å². The van der Waals surface area contributed by atoms with Gasteiger partial charge >= 0.3 is 17.9 Å². The number of hydrogen-bond acceptors (Lipinski definition) is 6. The predicted octanol–water partition coefficient (Wildman–Crippen LogP) is 17.1. The molecule has 6 heteroatoms. The van der Waals surface area contributed by atoms with Crippen LogP contribution in [0.15, 0.2) is 48.6 Å². The average molecular weight is 855 g/mol. The second-order valence-electron chi connectivity index (χ2n) is 17.4. The van der Waals surface area contributed by atoms with Crippen molar-refractivity contribution in [3.63, 3.8) is 0 Å². The summed E-state index contributed by atoms with van der Waals surface area (Å²) in [6, 6.07) is 0. The maximum absolute atomic E-state index is 12.8. The molecule has 0 saturated carbocycles. The van der Waals surface area contributed by atoms with Crippen LogP contribution in [-0.4, -0.2) is 37.2 Å². The SMILES string of the molecule is CC/C=C\C/C=C\CCCCCCCC(=O)OCC(COC(=O)CCCCCCCCC/C=C\CCCCCCCC)OC(=O)CCCCC/C=C\CCCCCCCCC. The monoisotopic (exact) mass is 855 g/mol. The summed E-state index contributed by atoms with van der Waals surface area (Å²) in [6.07, 6.45) is 59.5. The minimum absolute atomic E-state index is 0.0852. The first-order valence-electron chi connectivity index (χ1n) is 26.1. The normalized spacial score (nSPS) is 12.4. The van der Waals surface area contributed by atoms with Crippen molar-refractivity contribution in [2.24, 2.45) is 0 Å². The van der Waals surface area contributed by atoms with Gasteiger partial charge in [-0.2, -0.15) is 0 Å². The Morgan fingerprint density at radius 3 is 1.02 bits per heavy atom. The third-order valence-corrected chi connectivity index (χ3v) is 11.3. The highest BCUT2D eigenvalue weighted by atomic mass is 16.6. The Morgan fingerprint density at radius 2 is 0.639 bits per heavy atom. The van der Waals surface area contributed by atoms with E-state index in [0.29, 0.717) is 19.3 Å². The van der Waals surface area contributed by atoms with Gasteiger partial charge < -0.3 is 14.2 Å². The van der Waals surface area contributed by atoms with Gasteiger partial charge in [0.05, 0.1) is 0 Å². The lowest BCUT2D eigenvalue weighted by Crippen LogP contribution is -2.30. The number of allylic oxidation sites excluding steroid dienone is 8. The van der Waals surface area contributed by atoms with Crippen LogP contribution >= 0.6 is 0 Å². The molecular weight excluding hydrogens is 757 g/mol. The van der Waals surface area contributed by atoms with E-state index < -0.39 is 6.10 Å². The molecule has 0 fully saturated rings. The van der Waals surface area contributed by atoms with Gasteiger partial charge in [-0.05, 0) is 96.3 Å². The number of ether oxygens (including phenoxy) is 3. The summed E-state index contributed by atoms with van der Waals surface area (Å²) in [6.45, 7) is 6.50. The third kappa shape index (κ3) is 48.3. The quantitative estimate of drug-likeness (QED) is 0.0263. The summed E-state index contributed by atoms with van der Waals surface area (Å²) in [4.78, 5) is 37.9. The fourth-order valence-electron chi connectivity index (χ4n) is 7.35. The van der Waals surface area contributed by atoms with Gasteiger partial charge in [-0.25, -0.2) is 0 Å². The van der Waals surface area contributed by atoms with Crippen molar-refractivity contribution in [2.75, 3.05) is 13.2 Å². The standard InChI is InChI=1S/C55H98O6/c1-4-7-10-13-16-19-22-25-27-28-29-31-33-36-39-42-45-48-54(57)60-51-52(50-59-53(56)47-44-41-38-35-32-24-21-18-15-12-9-6-3)61-55(58)49-46-43-40-37-34-30-26-23-20-17-14-11-8-5-2/h9,12,18,21,25,27,30,34,52H,4-8,10-11,13-17,19-20,22-24,26,28-29,31-33,35-51H2,1-3H3/b12-9-,21-18-,27-25-,34-30-. The van der Waals surface area contributed by atoms with Crippen LogP contribution in [0.25, 0.3) is 0 Å². The minimum atomic E-state index is -0.786. The maximum Gasteiger partial charge on any atom is 0.306 e. The third-order valence-electron chi connectivity index (χ3n) is 11.3. The predicted molar refractivity (Wildman–Crippen MR) is 261 cm³/mol. The molecule has 6 nitrogen and oxygen atoms in total. The van der Waals surface area contributed by atoms with E-state index in [1.54, 1.807) is 0 Å². The van der Waals surface area contributed by atoms with Crippen LogP contribution in [0.2, 0.25) is 0 Å². The zero-order chi connectivity index (χ0) is 44.4. The molecule has 0 aromatic rings. The van der Waals surface area contributed by atoms with Crippen LogP contribution in [-0.2, 0) is 28.6 Å². The molecule has 0 aliphatic rings. The maximum atomic E-state index is 12.8. The second kappa shape index (κ2) is 50.0. The number of unbranched alkanes of at least 4 members (excludes halogenated alkanes) is 28. The highest BCUT2D eigenvalue weighted by Gasteiger charge is 2.19. The van der Waals surface area contributed by atoms with Crippen LogP contribution in [0.1, 0.15) is 265 Å². The van der Waals surface area contributed by atoms with Gasteiger partial charge in [0, 0.05) is 19.3 Å². The largest absolute Gasteiger partial charge is 0.462 e. The van der Waals surface area contributed by atoms with Gasteiger partial charge in [0.1, 0.15) is 13.2 Å². The van der Waals surface area contributed by atoms with Crippen LogP contribution in [0.3, 0.4) is 0 Å². The highest BCUT2D eigenvalue weighted by molar-refractivity contribution is 5.71. The molecular formula is C55H98O6. The first kappa shape index (κ1) is 58.4. The summed E-state index contributed by atoms with van der Waals surface area (Å²) in [5.41, 5.74) is 0. The van der Waals surface area contributed by atoms with Crippen molar-refractivity contribution in [1.29, 1.82) is 0 Å². The zero-order valence-electron chi connectivity index (χ0n) is 40.4. The molecule has 0 radical (unpaired) electrons. The Balaban J connectivity index is 4.38. The molecule has 0 N–H and O–H groups in total. The molecule has 0 rings (SSSR count). The van der Waals surface area contributed by atoms with E-state index in [-0.39, 0.29) is 31.1 Å². The van der Waals surface area contributed by atoms with Gasteiger partial charge in [-0.1, -0.05) is 198 Å². The van der Waals surface area contributed by atoms with Crippen molar-refractivity contribution in [3.05, 3.63) is 48.6 Å². The van der Waals surface area contributed by atoms with Crippen molar-refractivity contribution in [3.8, 4) is 0 Å². The molecule has 1 unspecified atom stereocenters. The minimum Gasteiger partial charge on any atom is -0.462 e. The van der Waals surface area contributed by atoms with Crippen molar-refractivity contribution in [1.82, 2.24) is 0 Å². The summed E-state index contributed by atoms with van der Waals surface area (Å²) < 4.78 is 16.8. The van der Waals surface area contributed by atoms with E-state index in [2.05, 4.69) is 69.4 Å². The number of carbonyl (C=O) groups excluding carboxylic acids is 3. The first-order chi connectivity index (χ1) is 30.0. The molecule has 0 amide bonds. The zero-order valence-corrected chi connectivity index (χ0v) is 40.4. The Morgan fingerprint density at radius 1 is 0.344 bits per heavy atom. The number of rotatable bonds is 47. The Bertz CT molecular complexity index is 1070. The molecule has 0 heterocycles. The Kier molecular flexibility index (Phi) is 47.9. The molecule has 0 aliphatic carbocycles. The van der Waals surface area contributed by atoms with Crippen molar-refractivity contribution in [2.45, 2.75) is 271 Å². The van der Waals surface area contributed by atoms with Crippen molar-refractivity contribution < 1.29 is 28.6 Å². The van der Waals surface area contributed by atoms with Crippen LogP contribution in [0, 0.1) is 0 Å². The van der Waals surface area contributed by atoms with E-state index >= 15 is 0 Å². The average Bonchev–Trinajstić information content (AvgIpc) is 3.26. The fourth-order valence-corrected chi connectivity index (χ4v) is 7.35. The summed E-state index contributed by atoms with van der Waals surface area (Å²) in [5.74, 6) is -0.914.